The molecular formula is C12H14N2O5S2. The van der Waals surface area contributed by atoms with Crippen LogP contribution in [0.4, 0.5) is 0 Å². The predicted octanol–water partition coefficient (Wildman–Crippen LogP) is 1.30. The first kappa shape index (κ1) is 14.5. The number of thiophene rings is 1. The summed E-state index contributed by atoms with van der Waals surface area (Å²) in [4.78, 5) is 12.0. The fourth-order valence-corrected chi connectivity index (χ4v) is 5.29. The number of aromatic nitrogens is 2. The van der Waals surface area contributed by atoms with E-state index in [0.29, 0.717) is 16.9 Å². The minimum atomic E-state index is -3.03. The van der Waals surface area contributed by atoms with Crippen molar-refractivity contribution in [3.05, 3.63) is 16.6 Å². The first-order chi connectivity index (χ1) is 9.91. The van der Waals surface area contributed by atoms with Crippen LogP contribution in [-0.4, -0.2) is 47.9 Å². The zero-order valence-corrected chi connectivity index (χ0v) is 12.9. The highest BCUT2D eigenvalue weighted by Gasteiger charge is 2.32. The number of methoxy groups -OCH3 is 1. The van der Waals surface area contributed by atoms with Crippen molar-refractivity contribution in [2.45, 2.75) is 19.1 Å². The molecule has 1 unspecified atom stereocenters. The number of carbonyl (C=O) groups is 1. The third kappa shape index (κ3) is 2.56. The van der Waals surface area contributed by atoms with Crippen LogP contribution in [-0.2, 0) is 21.2 Å². The van der Waals surface area contributed by atoms with Gasteiger partial charge in [0.15, 0.2) is 9.84 Å². The number of nitrogens with zero attached hydrogens (tertiary/aromatic N) is 2. The molecule has 1 N–H and O–H groups in total. The standard InChI is InChI=1S/C12H14N2O5S2/c1-19-5-9-8-4-10(12(15)16)20-11(8)14(13-9)7-2-3-21(17,18)6-7/h4,7H,2-3,5-6H2,1H3,(H,15,16). The van der Waals surface area contributed by atoms with Crippen molar-refractivity contribution < 1.29 is 23.1 Å². The van der Waals surface area contributed by atoms with Gasteiger partial charge in [-0.1, -0.05) is 0 Å². The highest BCUT2D eigenvalue weighted by molar-refractivity contribution is 7.91. The van der Waals surface area contributed by atoms with Gasteiger partial charge in [-0.3, -0.25) is 4.68 Å². The van der Waals surface area contributed by atoms with Gasteiger partial charge in [0.05, 0.1) is 29.8 Å². The number of carboxylic acid groups (broad SMARTS) is 1. The van der Waals surface area contributed by atoms with E-state index in [2.05, 4.69) is 5.10 Å². The van der Waals surface area contributed by atoms with Crippen molar-refractivity contribution in [3.8, 4) is 0 Å². The molecule has 0 aliphatic carbocycles. The number of hydrogen-bond donors (Lipinski definition) is 1. The van der Waals surface area contributed by atoms with E-state index >= 15 is 0 Å². The van der Waals surface area contributed by atoms with Crippen LogP contribution in [0.5, 0.6) is 0 Å². The molecule has 114 valence electrons. The Kier molecular flexibility index (Phi) is 3.50. The fourth-order valence-electron chi connectivity index (χ4n) is 2.55. The summed E-state index contributed by atoms with van der Waals surface area (Å²) in [6.07, 6.45) is 0.506. The lowest BCUT2D eigenvalue weighted by Gasteiger charge is -2.08. The number of ether oxygens (including phenoxy) is 1. The number of carboxylic acids is 1. The predicted molar refractivity (Wildman–Crippen MR) is 77.6 cm³/mol. The van der Waals surface area contributed by atoms with Crippen molar-refractivity contribution in [2.24, 2.45) is 0 Å². The molecule has 0 aromatic carbocycles. The largest absolute Gasteiger partial charge is 0.477 e. The minimum absolute atomic E-state index is 0.0521. The molecule has 7 nitrogen and oxygen atoms in total. The van der Waals surface area contributed by atoms with Crippen LogP contribution in [0.25, 0.3) is 10.2 Å². The molecule has 3 heterocycles. The van der Waals surface area contributed by atoms with Crippen molar-refractivity contribution in [1.82, 2.24) is 9.78 Å². The maximum absolute atomic E-state index is 11.6. The van der Waals surface area contributed by atoms with Crippen molar-refractivity contribution in [3.63, 3.8) is 0 Å². The molecule has 21 heavy (non-hydrogen) atoms. The number of rotatable bonds is 4. The molecule has 1 aliphatic rings. The van der Waals surface area contributed by atoms with Crippen molar-refractivity contribution >= 4 is 37.4 Å². The summed E-state index contributed by atoms with van der Waals surface area (Å²) in [5.41, 5.74) is 0.639. The summed E-state index contributed by atoms with van der Waals surface area (Å²) in [5, 5.41) is 14.3. The number of hydrogen-bond acceptors (Lipinski definition) is 6. The molecule has 0 radical (unpaired) electrons. The molecule has 2 aromatic heterocycles. The van der Waals surface area contributed by atoms with E-state index in [0.717, 1.165) is 16.7 Å². The third-order valence-electron chi connectivity index (χ3n) is 3.51. The lowest BCUT2D eigenvalue weighted by atomic mass is 10.2. The zero-order chi connectivity index (χ0) is 15.2. The molecule has 3 rings (SSSR count). The Hall–Kier alpha value is -1.45. The van der Waals surface area contributed by atoms with Gasteiger partial charge in [-0.15, -0.1) is 11.3 Å². The molecule has 0 spiro atoms. The average Bonchev–Trinajstić information content (AvgIpc) is 3.04. The van der Waals surface area contributed by atoms with Gasteiger partial charge >= 0.3 is 5.97 Å². The van der Waals surface area contributed by atoms with Crippen LogP contribution in [0.3, 0.4) is 0 Å². The highest BCUT2D eigenvalue weighted by atomic mass is 32.2. The number of aromatic carboxylic acids is 1. The Morgan fingerprint density at radius 3 is 2.95 bits per heavy atom. The molecule has 1 atom stereocenters. The van der Waals surface area contributed by atoms with Gasteiger partial charge in [0, 0.05) is 12.5 Å². The summed E-state index contributed by atoms with van der Waals surface area (Å²) in [6.45, 7) is 0.263. The second-order valence-corrected chi connectivity index (χ2v) is 8.28. The van der Waals surface area contributed by atoms with Gasteiger partial charge in [0.1, 0.15) is 9.71 Å². The van der Waals surface area contributed by atoms with Gasteiger partial charge in [-0.05, 0) is 12.5 Å². The highest BCUT2D eigenvalue weighted by Crippen LogP contribution is 2.34. The summed E-state index contributed by atoms with van der Waals surface area (Å²) >= 11 is 1.12. The molecule has 9 heteroatoms. The normalized spacial score (nSPS) is 21.1. The first-order valence-electron chi connectivity index (χ1n) is 6.35. The van der Waals surface area contributed by atoms with E-state index in [4.69, 9.17) is 9.84 Å². The maximum Gasteiger partial charge on any atom is 0.345 e. The lowest BCUT2D eigenvalue weighted by Crippen LogP contribution is -2.12. The van der Waals surface area contributed by atoms with Crippen LogP contribution in [0, 0.1) is 0 Å². The Morgan fingerprint density at radius 1 is 1.62 bits per heavy atom. The van der Waals surface area contributed by atoms with E-state index in [1.165, 1.54) is 7.11 Å². The van der Waals surface area contributed by atoms with Gasteiger partial charge in [-0.2, -0.15) is 5.10 Å². The zero-order valence-electron chi connectivity index (χ0n) is 11.3. The summed E-state index contributed by atoms with van der Waals surface area (Å²) in [6, 6.07) is 1.34. The van der Waals surface area contributed by atoms with Gasteiger partial charge < -0.3 is 9.84 Å². The summed E-state index contributed by atoms with van der Waals surface area (Å²) in [5.74, 6) is -0.795. The number of sulfone groups is 1. The fraction of sp³-hybridized carbons (Fsp3) is 0.500. The average molecular weight is 330 g/mol. The SMILES string of the molecule is COCc1nn(C2CCS(=O)(=O)C2)c2sc(C(=O)O)cc12. The Bertz CT molecular complexity index is 805. The second kappa shape index (κ2) is 5.08. The van der Waals surface area contributed by atoms with E-state index in [1.807, 2.05) is 0 Å². The molecule has 1 saturated heterocycles. The molecule has 0 amide bonds. The molecule has 0 saturated carbocycles. The molecule has 1 aliphatic heterocycles. The molecule has 2 aromatic rings. The van der Waals surface area contributed by atoms with Crippen LogP contribution in [0.2, 0.25) is 0 Å². The van der Waals surface area contributed by atoms with Gasteiger partial charge in [-0.25, -0.2) is 13.2 Å². The van der Waals surface area contributed by atoms with Crippen molar-refractivity contribution in [2.75, 3.05) is 18.6 Å². The second-order valence-electron chi connectivity index (χ2n) is 5.02. The van der Waals surface area contributed by atoms with Crippen molar-refractivity contribution in [1.29, 1.82) is 0 Å². The smallest absolute Gasteiger partial charge is 0.345 e. The summed E-state index contributed by atoms with van der Waals surface area (Å²) in [7, 11) is -1.49. The quantitative estimate of drug-likeness (QED) is 0.907. The van der Waals surface area contributed by atoms with Crippen LogP contribution >= 0.6 is 11.3 Å². The van der Waals surface area contributed by atoms with E-state index in [9.17, 15) is 13.2 Å². The monoisotopic (exact) mass is 330 g/mol. The summed E-state index contributed by atoms with van der Waals surface area (Å²) < 4.78 is 30.0. The molecule has 1 fully saturated rings. The number of fused-ring (bicyclic) bond motifs is 1. The molecular weight excluding hydrogens is 316 g/mol. The Labute approximate surface area is 125 Å². The van der Waals surface area contributed by atoms with E-state index in [-0.39, 0.29) is 29.0 Å². The van der Waals surface area contributed by atoms with E-state index < -0.39 is 15.8 Å². The topological polar surface area (TPSA) is 98.5 Å². The first-order valence-corrected chi connectivity index (χ1v) is 8.98. The lowest BCUT2D eigenvalue weighted by molar-refractivity contribution is 0.0702. The Balaban J connectivity index is 2.11. The van der Waals surface area contributed by atoms with Crippen LogP contribution in [0.15, 0.2) is 6.07 Å². The third-order valence-corrected chi connectivity index (χ3v) is 6.37. The maximum atomic E-state index is 11.6. The van der Waals surface area contributed by atoms with E-state index in [1.54, 1.807) is 10.7 Å². The molecule has 0 bridgehead atoms. The van der Waals surface area contributed by atoms with Crippen LogP contribution in [0.1, 0.15) is 27.8 Å². The minimum Gasteiger partial charge on any atom is -0.477 e. The van der Waals surface area contributed by atoms with Gasteiger partial charge in [0.2, 0.25) is 0 Å². The Morgan fingerprint density at radius 2 is 2.38 bits per heavy atom. The van der Waals surface area contributed by atoms with Crippen LogP contribution < -0.4 is 0 Å². The van der Waals surface area contributed by atoms with Gasteiger partial charge in [0.25, 0.3) is 0 Å².